The van der Waals surface area contributed by atoms with Crippen LogP contribution < -0.4 is 15.4 Å². The molecule has 2 aromatic rings. The Morgan fingerprint density at radius 1 is 1.29 bits per heavy atom. The molecule has 0 saturated carbocycles. The van der Waals surface area contributed by atoms with Crippen LogP contribution in [0.5, 0.6) is 5.75 Å². The maximum atomic E-state index is 13.8. The minimum absolute atomic E-state index is 0.114. The molecular formula is C17H19FN2O. The van der Waals surface area contributed by atoms with Crippen LogP contribution in [0, 0.1) is 5.82 Å². The van der Waals surface area contributed by atoms with Crippen molar-refractivity contribution in [1.82, 2.24) is 0 Å². The maximum Gasteiger partial charge on any atom is 0.165 e. The highest BCUT2D eigenvalue weighted by Crippen LogP contribution is 2.28. The van der Waals surface area contributed by atoms with E-state index >= 15 is 0 Å². The fourth-order valence-corrected chi connectivity index (χ4v) is 2.90. The molecule has 110 valence electrons. The predicted molar refractivity (Wildman–Crippen MR) is 82.1 cm³/mol. The number of nitrogens with zero attached hydrogens (tertiary/aromatic N) is 1. The molecule has 1 heterocycles. The molecule has 1 aliphatic heterocycles. The number of nitrogens with two attached hydrogens (primary N) is 1. The molecule has 3 rings (SSSR count). The van der Waals surface area contributed by atoms with E-state index in [1.807, 2.05) is 18.2 Å². The summed E-state index contributed by atoms with van der Waals surface area (Å²) < 4.78 is 18.8. The van der Waals surface area contributed by atoms with Crippen LogP contribution >= 0.6 is 0 Å². The molecule has 2 aromatic carbocycles. The molecule has 1 unspecified atom stereocenters. The van der Waals surface area contributed by atoms with E-state index < -0.39 is 0 Å². The molecule has 0 radical (unpaired) electrons. The number of rotatable bonds is 3. The van der Waals surface area contributed by atoms with Gasteiger partial charge in [-0.15, -0.1) is 0 Å². The first kappa shape index (κ1) is 13.9. The standard InChI is InChI=1S/C17H19FN2O/c1-21-17-7-6-12(8-15(17)18)10-20-11-14(19)9-13-4-2-3-5-16(13)20/h2-8,14H,9-11,19H2,1H3. The lowest BCUT2D eigenvalue weighted by molar-refractivity contribution is 0.386. The summed E-state index contributed by atoms with van der Waals surface area (Å²) in [5.41, 5.74) is 9.49. The van der Waals surface area contributed by atoms with Crippen molar-refractivity contribution in [2.24, 2.45) is 5.73 Å². The molecule has 21 heavy (non-hydrogen) atoms. The quantitative estimate of drug-likeness (QED) is 0.943. The Morgan fingerprint density at radius 2 is 2.10 bits per heavy atom. The van der Waals surface area contributed by atoms with Crippen LogP contribution in [0.25, 0.3) is 0 Å². The molecule has 4 heteroatoms. The average Bonchev–Trinajstić information content (AvgIpc) is 2.47. The average molecular weight is 286 g/mol. The highest BCUT2D eigenvalue weighted by molar-refractivity contribution is 5.56. The summed E-state index contributed by atoms with van der Waals surface area (Å²) >= 11 is 0. The zero-order valence-electron chi connectivity index (χ0n) is 12.1. The third-order valence-electron chi connectivity index (χ3n) is 3.86. The van der Waals surface area contributed by atoms with Crippen molar-refractivity contribution in [1.29, 1.82) is 0 Å². The smallest absolute Gasteiger partial charge is 0.165 e. The molecule has 1 aliphatic rings. The van der Waals surface area contributed by atoms with E-state index in [0.29, 0.717) is 6.54 Å². The molecule has 0 fully saturated rings. The van der Waals surface area contributed by atoms with E-state index in [-0.39, 0.29) is 17.6 Å². The monoisotopic (exact) mass is 286 g/mol. The van der Waals surface area contributed by atoms with Gasteiger partial charge < -0.3 is 15.4 Å². The van der Waals surface area contributed by atoms with Crippen LogP contribution in [0.15, 0.2) is 42.5 Å². The molecule has 0 saturated heterocycles. The third-order valence-corrected chi connectivity index (χ3v) is 3.86. The minimum Gasteiger partial charge on any atom is -0.494 e. The Kier molecular flexibility index (Phi) is 3.80. The van der Waals surface area contributed by atoms with Crippen LogP contribution in [0.3, 0.4) is 0 Å². The zero-order valence-corrected chi connectivity index (χ0v) is 12.1. The zero-order chi connectivity index (χ0) is 14.8. The van der Waals surface area contributed by atoms with Crippen LogP contribution in [-0.2, 0) is 13.0 Å². The summed E-state index contributed by atoms with van der Waals surface area (Å²) in [5, 5.41) is 0. The molecule has 0 spiro atoms. The van der Waals surface area contributed by atoms with Gasteiger partial charge in [0.1, 0.15) is 0 Å². The highest BCUT2D eigenvalue weighted by atomic mass is 19.1. The number of methoxy groups -OCH3 is 1. The van der Waals surface area contributed by atoms with Crippen molar-refractivity contribution in [2.75, 3.05) is 18.6 Å². The Morgan fingerprint density at radius 3 is 2.86 bits per heavy atom. The molecule has 0 amide bonds. The fraction of sp³-hybridized carbons (Fsp3) is 0.294. The van der Waals surface area contributed by atoms with Crippen molar-refractivity contribution in [3.8, 4) is 5.75 Å². The second-order valence-corrected chi connectivity index (χ2v) is 5.44. The topological polar surface area (TPSA) is 38.5 Å². The van der Waals surface area contributed by atoms with Crippen LogP contribution in [0.1, 0.15) is 11.1 Å². The lowest BCUT2D eigenvalue weighted by atomic mass is 9.98. The van der Waals surface area contributed by atoms with Gasteiger partial charge in [0.15, 0.2) is 11.6 Å². The van der Waals surface area contributed by atoms with Gasteiger partial charge in [0.25, 0.3) is 0 Å². The predicted octanol–water partition coefficient (Wildman–Crippen LogP) is 2.72. The first-order chi connectivity index (χ1) is 10.2. The number of hydrogen-bond donors (Lipinski definition) is 1. The van der Waals surface area contributed by atoms with Crippen LogP contribution in [-0.4, -0.2) is 19.7 Å². The number of ether oxygens (including phenoxy) is 1. The molecule has 3 nitrogen and oxygen atoms in total. The minimum atomic E-state index is -0.329. The summed E-state index contributed by atoms with van der Waals surface area (Å²) in [5.74, 6) is -0.0564. The van der Waals surface area contributed by atoms with Crippen molar-refractivity contribution < 1.29 is 9.13 Å². The molecule has 0 aromatic heterocycles. The number of fused-ring (bicyclic) bond motifs is 1. The number of halogens is 1. The van der Waals surface area contributed by atoms with Gasteiger partial charge in [-0.2, -0.15) is 0 Å². The van der Waals surface area contributed by atoms with Crippen molar-refractivity contribution in [2.45, 2.75) is 19.0 Å². The van der Waals surface area contributed by atoms with E-state index in [1.165, 1.54) is 24.4 Å². The second kappa shape index (κ2) is 5.74. The maximum absolute atomic E-state index is 13.8. The van der Waals surface area contributed by atoms with Gasteiger partial charge in [-0.25, -0.2) is 4.39 Å². The summed E-state index contributed by atoms with van der Waals surface area (Å²) in [6.45, 7) is 1.43. The summed E-state index contributed by atoms with van der Waals surface area (Å²) in [4.78, 5) is 2.21. The van der Waals surface area contributed by atoms with Gasteiger partial charge >= 0.3 is 0 Å². The fourth-order valence-electron chi connectivity index (χ4n) is 2.90. The lowest BCUT2D eigenvalue weighted by Crippen LogP contribution is -2.42. The van der Waals surface area contributed by atoms with Gasteiger partial charge in [0.05, 0.1) is 7.11 Å². The van der Waals surface area contributed by atoms with E-state index in [2.05, 4.69) is 17.0 Å². The van der Waals surface area contributed by atoms with E-state index in [0.717, 1.165) is 18.5 Å². The van der Waals surface area contributed by atoms with Crippen molar-refractivity contribution in [3.63, 3.8) is 0 Å². The lowest BCUT2D eigenvalue weighted by Gasteiger charge is -2.34. The Bertz CT molecular complexity index is 644. The van der Waals surface area contributed by atoms with Gasteiger partial charge in [-0.05, 0) is 35.7 Å². The first-order valence-electron chi connectivity index (χ1n) is 7.08. The van der Waals surface area contributed by atoms with Gasteiger partial charge in [-0.3, -0.25) is 0 Å². The van der Waals surface area contributed by atoms with Gasteiger partial charge in [0, 0.05) is 24.8 Å². The molecule has 2 N–H and O–H groups in total. The van der Waals surface area contributed by atoms with Gasteiger partial charge in [-0.1, -0.05) is 24.3 Å². The number of para-hydroxylation sites is 1. The Hall–Kier alpha value is -2.07. The normalized spacial score (nSPS) is 17.5. The van der Waals surface area contributed by atoms with Crippen LogP contribution in [0.2, 0.25) is 0 Å². The molecule has 1 atom stereocenters. The van der Waals surface area contributed by atoms with Crippen molar-refractivity contribution >= 4 is 5.69 Å². The highest BCUT2D eigenvalue weighted by Gasteiger charge is 2.21. The van der Waals surface area contributed by atoms with E-state index in [9.17, 15) is 4.39 Å². The summed E-state index contributed by atoms with van der Waals surface area (Å²) in [7, 11) is 1.47. The van der Waals surface area contributed by atoms with Crippen LogP contribution in [0.4, 0.5) is 10.1 Å². The SMILES string of the molecule is COc1ccc(CN2CC(N)Cc3ccccc32)cc1F. The summed E-state index contributed by atoms with van der Waals surface area (Å²) in [6.07, 6.45) is 0.893. The molecule has 0 aliphatic carbocycles. The number of hydrogen-bond acceptors (Lipinski definition) is 3. The van der Waals surface area contributed by atoms with E-state index in [4.69, 9.17) is 10.5 Å². The first-order valence-corrected chi connectivity index (χ1v) is 7.08. The largest absolute Gasteiger partial charge is 0.494 e. The van der Waals surface area contributed by atoms with Crippen molar-refractivity contribution in [3.05, 3.63) is 59.4 Å². The number of benzene rings is 2. The third kappa shape index (κ3) is 2.85. The Labute approximate surface area is 124 Å². The molecule has 0 bridgehead atoms. The second-order valence-electron chi connectivity index (χ2n) is 5.44. The summed E-state index contributed by atoms with van der Waals surface area (Å²) in [6, 6.07) is 13.5. The van der Waals surface area contributed by atoms with Gasteiger partial charge in [0.2, 0.25) is 0 Å². The number of anilines is 1. The molecular weight excluding hydrogens is 267 g/mol. The Balaban J connectivity index is 1.86. The van der Waals surface area contributed by atoms with E-state index in [1.54, 1.807) is 6.07 Å².